The summed E-state index contributed by atoms with van der Waals surface area (Å²) >= 11 is 8.04. The highest BCUT2D eigenvalue weighted by Gasteiger charge is 2.33. The Bertz CT molecular complexity index is 496. The third kappa shape index (κ3) is 6.65. The molecular weight excluding hydrogens is 344 g/mol. The first kappa shape index (κ1) is 19.0. The van der Waals surface area contributed by atoms with Gasteiger partial charge in [0, 0.05) is 23.0 Å². The van der Waals surface area contributed by atoms with E-state index in [0.29, 0.717) is 12.2 Å². The Kier molecular flexibility index (Phi) is 7.78. The Morgan fingerprint density at radius 3 is 1.29 bits per heavy atom. The van der Waals surface area contributed by atoms with Gasteiger partial charge in [-0.1, -0.05) is 0 Å². The monoisotopic (exact) mass is 366 g/mol. The number of thiol groups is 2. The van der Waals surface area contributed by atoms with Gasteiger partial charge in [0.25, 0.3) is 0 Å². The fourth-order valence-corrected chi connectivity index (χ4v) is 2.63. The number of aromatic hydroxyl groups is 2. The third-order valence-corrected chi connectivity index (χ3v) is 4.18. The van der Waals surface area contributed by atoms with Gasteiger partial charge in [0.1, 0.15) is 11.5 Å². The molecular formula is C18H22O4S2. The highest BCUT2D eigenvalue weighted by Crippen LogP contribution is 2.25. The SMILES string of the molecule is C1CC2OCCC2O1.Oc1ccc(S)cc1.Oc1ccc(S)cc1. The summed E-state index contributed by atoms with van der Waals surface area (Å²) in [6.07, 6.45) is 3.14. The zero-order chi connectivity index (χ0) is 17.4. The van der Waals surface area contributed by atoms with Gasteiger partial charge < -0.3 is 19.7 Å². The van der Waals surface area contributed by atoms with E-state index in [0.717, 1.165) is 35.8 Å². The molecule has 4 rings (SSSR count). The molecule has 2 saturated heterocycles. The molecule has 2 aromatic carbocycles. The molecule has 0 bridgehead atoms. The van der Waals surface area contributed by atoms with Crippen LogP contribution in [0.25, 0.3) is 0 Å². The zero-order valence-corrected chi connectivity index (χ0v) is 15.0. The molecule has 0 spiro atoms. The van der Waals surface area contributed by atoms with Crippen LogP contribution in [0, 0.1) is 0 Å². The van der Waals surface area contributed by atoms with Crippen molar-refractivity contribution in [3.05, 3.63) is 48.5 Å². The summed E-state index contributed by atoms with van der Waals surface area (Å²) in [5, 5.41) is 17.4. The van der Waals surface area contributed by atoms with Crippen LogP contribution in [0.15, 0.2) is 58.3 Å². The highest BCUT2D eigenvalue weighted by molar-refractivity contribution is 7.80. The summed E-state index contributed by atoms with van der Waals surface area (Å²) in [7, 11) is 0. The van der Waals surface area contributed by atoms with E-state index in [1.807, 2.05) is 0 Å². The summed E-state index contributed by atoms with van der Waals surface area (Å²) in [5.74, 6) is 0.561. The van der Waals surface area contributed by atoms with E-state index in [-0.39, 0.29) is 11.5 Å². The normalized spacial score (nSPS) is 21.1. The maximum atomic E-state index is 8.72. The lowest BCUT2D eigenvalue weighted by Crippen LogP contribution is -2.13. The smallest absolute Gasteiger partial charge is 0.115 e. The number of hydrogen-bond acceptors (Lipinski definition) is 6. The average Bonchev–Trinajstić information content (AvgIpc) is 3.19. The van der Waals surface area contributed by atoms with Gasteiger partial charge in [0.2, 0.25) is 0 Å². The van der Waals surface area contributed by atoms with Gasteiger partial charge in [-0.15, -0.1) is 25.3 Å². The molecule has 2 unspecified atom stereocenters. The van der Waals surface area contributed by atoms with Gasteiger partial charge >= 0.3 is 0 Å². The largest absolute Gasteiger partial charge is 0.508 e. The summed E-state index contributed by atoms with van der Waals surface area (Å²) in [5.41, 5.74) is 0. The Labute approximate surface area is 153 Å². The molecule has 0 amide bonds. The predicted molar refractivity (Wildman–Crippen MR) is 99.4 cm³/mol. The molecule has 2 atom stereocenters. The molecule has 2 aliphatic rings. The fraction of sp³-hybridized carbons (Fsp3) is 0.333. The van der Waals surface area contributed by atoms with Crippen molar-refractivity contribution in [2.24, 2.45) is 0 Å². The molecule has 0 saturated carbocycles. The summed E-state index contributed by atoms with van der Waals surface area (Å²) in [4.78, 5) is 1.73. The molecule has 0 aromatic heterocycles. The molecule has 24 heavy (non-hydrogen) atoms. The molecule has 2 heterocycles. The highest BCUT2D eigenvalue weighted by atomic mass is 32.1. The van der Waals surface area contributed by atoms with Gasteiger partial charge in [-0.05, 0) is 61.4 Å². The second-order valence-electron chi connectivity index (χ2n) is 5.43. The Hall–Kier alpha value is -1.34. The van der Waals surface area contributed by atoms with Gasteiger partial charge in [-0.2, -0.15) is 0 Å². The Balaban J connectivity index is 0.000000130. The number of hydrogen-bond donors (Lipinski definition) is 4. The molecule has 2 aliphatic heterocycles. The van der Waals surface area contributed by atoms with Crippen molar-refractivity contribution in [3.8, 4) is 11.5 Å². The minimum atomic E-state index is 0.280. The van der Waals surface area contributed by atoms with E-state index in [4.69, 9.17) is 19.7 Å². The van der Waals surface area contributed by atoms with E-state index in [1.165, 1.54) is 0 Å². The standard InChI is InChI=1S/C6H10O2.2C6H6OS/c1-3-7-6-2-4-8-5(1)6;2*7-5-1-3-6(8)4-2-5/h5-6H,1-4H2;2*1-4,7-8H. The first-order valence-corrected chi connectivity index (χ1v) is 8.63. The van der Waals surface area contributed by atoms with Crippen LogP contribution in [-0.4, -0.2) is 35.6 Å². The van der Waals surface area contributed by atoms with Gasteiger partial charge in [0.15, 0.2) is 0 Å². The maximum Gasteiger partial charge on any atom is 0.115 e. The predicted octanol–water partition coefficient (Wildman–Crippen LogP) is 3.93. The maximum absolute atomic E-state index is 8.72. The number of benzene rings is 2. The first-order valence-electron chi connectivity index (χ1n) is 7.74. The number of phenols is 2. The lowest BCUT2D eigenvalue weighted by molar-refractivity contribution is 0.0732. The van der Waals surface area contributed by atoms with E-state index in [2.05, 4.69) is 25.3 Å². The van der Waals surface area contributed by atoms with Crippen LogP contribution < -0.4 is 0 Å². The van der Waals surface area contributed by atoms with Crippen LogP contribution in [0.5, 0.6) is 11.5 Å². The van der Waals surface area contributed by atoms with Crippen LogP contribution in [0.3, 0.4) is 0 Å². The molecule has 0 aliphatic carbocycles. The quantitative estimate of drug-likeness (QED) is 0.534. The van der Waals surface area contributed by atoms with Crippen LogP contribution >= 0.6 is 25.3 Å². The molecule has 2 fully saturated rings. The van der Waals surface area contributed by atoms with E-state index < -0.39 is 0 Å². The topological polar surface area (TPSA) is 58.9 Å². The lowest BCUT2D eigenvalue weighted by Gasteiger charge is -2.03. The minimum Gasteiger partial charge on any atom is -0.508 e. The van der Waals surface area contributed by atoms with Crippen LogP contribution in [0.2, 0.25) is 0 Å². The molecule has 130 valence electrons. The Morgan fingerprint density at radius 1 is 0.667 bits per heavy atom. The molecule has 2 N–H and O–H groups in total. The summed E-state index contributed by atoms with van der Waals surface area (Å²) in [6.45, 7) is 1.82. The summed E-state index contributed by atoms with van der Waals surface area (Å²) < 4.78 is 10.7. The van der Waals surface area contributed by atoms with Crippen molar-refractivity contribution >= 4 is 25.3 Å². The fourth-order valence-electron chi connectivity index (χ4n) is 2.33. The van der Waals surface area contributed by atoms with E-state index >= 15 is 0 Å². The van der Waals surface area contributed by atoms with Crippen LogP contribution in [0.1, 0.15) is 12.8 Å². The van der Waals surface area contributed by atoms with Crippen LogP contribution in [0.4, 0.5) is 0 Å². The number of ether oxygens (including phenoxy) is 2. The summed E-state index contributed by atoms with van der Waals surface area (Å²) in [6, 6.07) is 13.3. The van der Waals surface area contributed by atoms with Gasteiger partial charge in [0.05, 0.1) is 12.2 Å². The second kappa shape index (κ2) is 9.84. The minimum absolute atomic E-state index is 0.280. The van der Waals surface area contributed by atoms with Crippen molar-refractivity contribution in [3.63, 3.8) is 0 Å². The molecule has 4 nitrogen and oxygen atoms in total. The number of rotatable bonds is 0. The van der Waals surface area contributed by atoms with Crippen molar-refractivity contribution in [1.29, 1.82) is 0 Å². The Morgan fingerprint density at radius 2 is 1.00 bits per heavy atom. The lowest BCUT2D eigenvalue weighted by atomic mass is 10.2. The van der Waals surface area contributed by atoms with E-state index in [9.17, 15) is 0 Å². The van der Waals surface area contributed by atoms with Gasteiger partial charge in [-0.25, -0.2) is 0 Å². The van der Waals surface area contributed by atoms with Crippen LogP contribution in [-0.2, 0) is 9.47 Å². The third-order valence-electron chi connectivity index (χ3n) is 3.58. The second-order valence-corrected chi connectivity index (χ2v) is 6.46. The molecule has 6 heteroatoms. The van der Waals surface area contributed by atoms with E-state index in [1.54, 1.807) is 48.5 Å². The van der Waals surface area contributed by atoms with Crippen molar-refractivity contribution in [2.45, 2.75) is 34.8 Å². The zero-order valence-electron chi connectivity index (χ0n) is 13.2. The molecule has 2 aromatic rings. The van der Waals surface area contributed by atoms with Gasteiger partial charge in [-0.3, -0.25) is 0 Å². The van der Waals surface area contributed by atoms with Crippen molar-refractivity contribution in [1.82, 2.24) is 0 Å². The molecule has 0 radical (unpaired) electrons. The average molecular weight is 367 g/mol. The number of fused-ring (bicyclic) bond motifs is 1. The van der Waals surface area contributed by atoms with Crippen molar-refractivity contribution in [2.75, 3.05) is 13.2 Å². The van der Waals surface area contributed by atoms with Crippen molar-refractivity contribution < 1.29 is 19.7 Å². The number of phenolic OH excluding ortho intramolecular Hbond substituents is 2. The first-order chi connectivity index (χ1) is 11.5.